The summed E-state index contributed by atoms with van der Waals surface area (Å²) in [6.45, 7) is 1.000. The van der Waals surface area contributed by atoms with Crippen molar-refractivity contribution in [3.8, 4) is 6.07 Å². The molecule has 0 unspecified atom stereocenters. The van der Waals surface area contributed by atoms with E-state index in [1.165, 1.54) is 11.8 Å². The number of fused-ring (bicyclic) bond motifs is 1. The maximum atomic E-state index is 12.4. The molecule has 1 atom stereocenters. The van der Waals surface area contributed by atoms with Crippen molar-refractivity contribution in [3.05, 3.63) is 41.6 Å². The molecular weight excluding hydrogens is 358 g/mol. The average Bonchev–Trinajstić information content (AvgIpc) is 3.15. The number of nitriles is 1. The molecule has 1 aromatic carbocycles. The van der Waals surface area contributed by atoms with Crippen LogP contribution in [0.5, 0.6) is 0 Å². The second kappa shape index (κ2) is 8.26. The first-order valence-corrected chi connectivity index (χ1v) is 9.38. The molecule has 146 valence electrons. The number of nitrogens with one attached hydrogen (secondary N) is 1. The van der Waals surface area contributed by atoms with Gasteiger partial charge < -0.3 is 15.0 Å². The van der Waals surface area contributed by atoms with Crippen LogP contribution < -0.4 is 5.32 Å². The highest BCUT2D eigenvalue weighted by Crippen LogP contribution is 2.33. The lowest BCUT2D eigenvalue weighted by atomic mass is 9.94. The summed E-state index contributed by atoms with van der Waals surface area (Å²) in [5.41, 5.74) is 0.950. The second-order valence-corrected chi connectivity index (χ2v) is 7.20. The van der Waals surface area contributed by atoms with E-state index in [1.807, 2.05) is 30.3 Å². The Bertz CT molecular complexity index is 849. The lowest BCUT2D eigenvalue weighted by molar-refractivity contribution is -0.150. The molecule has 7 heteroatoms. The summed E-state index contributed by atoms with van der Waals surface area (Å²) in [5, 5.41) is 12.0. The van der Waals surface area contributed by atoms with Gasteiger partial charge in [-0.25, -0.2) is 0 Å². The van der Waals surface area contributed by atoms with Crippen molar-refractivity contribution in [1.29, 1.82) is 5.26 Å². The molecule has 1 aliphatic carbocycles. The number of carbonyl (C=O) groups is 3. The Hall–Kier alpha value is -3.14. The van der Waals surface area contributed by atoms with Crippen LogP contribution in [0.2, 0.25) is 0 Å². The first-order chi connectivity index (χ1) is 13.4. The van der Waals surface area contributed by atoms with E-state index >= 15 is 0 Å². The number of esters is 1. The van der Waals surface area contributed by atoms with Gasteiger partial charge in [-0.3, -0.25) is 14.4 Å². The van der Waals surface area contributed by atoms with Gasteiger partial charge in [-0.15, -0.1) is 0 Å². The maximum Gasteiger partial charge on any atom is 0.308 e. The number of benzene rings is 1. The zero-order valence-corrected chi connectivity index (χ0v) is 15.8. The topological polar surface area (TPSA) is 99.5 Å². The van der Waals surface area contributed by atoms with Crippen molar-refractivity contribution in [2.75, 3.05) is 6.61 Å². The smallest absolute Gasteiger partial charge is 0.308 e. The number of amides is 2. The molecule has 3 rings (SSSR count). The van der Waals surface area contributed by atoms with Gasteiger partial charge in [-0.1, -0.05) is 24.3 Å². The van der Waals surface area contributed by atoms with E-state index in [9.17, 15) is 19.6 Å². The van der Waals surface area contributed by atoms with E-state index in [0.29, 0.717) is 12.8 Å². The van der Waals surface area contributed by atoms with Crippen molar-refractivity contribution in [3.63, 3.8) is 0 Å². The minimum Gasteiger partial charge on any atom is -0.456 e. The van der Waals surface area contributed by atoms with Crippen molar-refractivity contribution >= 4 is 23.9 Å². The van der Waals surface area contributed by atoms with Gasteiger partial charge in [0.1, 0.15) is 5.54 Å². The normalized spacial score (nSPS) is 19.4. The molecule has 0 radical (unpaired) electrons. The van der Waals surface area contributed by atoms with Gasteiger partial charge in [-0.05, 0) is 42.9 Å². The minimum atomic E-state index is -0.845. The number of hydrogen-bond acceptors (Lipinski definition) is 5. The molecule has 0 aromatic heterocycles. The van der Waals surface area contributed by atoms with Crippen molar-refractivity contribution in [2.24, 2.45) is 0 Å². The Kier molecular flexibility index (Phi) is 5.78. The summed E-state index contributed by atoms with van der Waals surface area (Å²) < 4.78 is 5.13. The third-order valence-electron chi connectivity index (χ3n) is 5.24. The highest BCUT2D eigenvalue weighted by molar-refractivity contribution is 5.83. The highest BCUT2D eigenvalue weighted by atomic mass is 16.5. The summed E-state index contributed by atoms with van der Waals surface area (Å²) in [6, 6.07) is 9.22. The van der Waals surface area contributed by atoms with Gasteiger partial charge in [0.05, 0.1) is 18.5 Å². The molecule has 0 spiro atoms. The van der Waals surface area contributed by atoms with E-state index < -0.39 is 30.1 Å². The molecular formula is C21H23N3O4. The standard InChI is InChI=1S/C21H23N3O4/c1-15(25)24-11-8-16-6-2-3-7-17(16)18(24)12-20(27)28-13-19(26)23-21(14-22)9-4-5-10-21/h2-3,6-8,11,18H,4-5,9-10,12-13H2,1H3,(H,23,26)/t18-/m0/s1. The summed E-state index contributed by atoms with van der Waals surface area (Å²) >= 11 is 0. The van der Waals surface area contributed by atoms with E-state index in [-0.39, 0.29) is 12.3 Å². The zero-order chi connectivity index (χ0) is 20.1. The van der Waals surface area contributed by atoms with Gasteiger partial charge in [0.2, 0.25) is 5.91 Å². The van der Waals surface area contributed by atoms with Gasteiger partial charge in [0.15, 0.2) is 6.61 Å². The van der Waals surface area contributed by atoms with Gasteiger partial charge in [0, 0.05) is 13.1 Å². The fraction of sp³-hybridized carbons (Fsp3) is 0.429. The number of rotatable bonds is 5. The number of ether oxygens (including phenoxy) is 1. The minimum absolute atomic E-state index is 0.0579. The summed E-state index contributed by atoms with van der Waals surface area (Å²) in [4.78, 5) is 37.9. The van der Waals surface area contributed by atoms with Crippen LogP contribution in [0.3, 0.4) is 0 Å². The Morgan fingerprint density at radius 1 is 1.29 bits per heavy atom. The fourth-order valence-electron chi connectivity index (χ4n) is 3.82. The number of carbonyl (C=O) groups excluding carboxylic acids is 3. The van der Waals surface area contributed by atoms with Crippen LogP contribution in [-0.2, 0) is 19.1 Å². The molecule has 1 fully saturated rings. The molecule has 7 nitrogen and oxygen atoms in total. The van der Waals surface area contributed by atoms with Crippen molar-refractivity contribution < 1.29 is 19.1 Å². The van der Waals surface area contributed by atoms with Crippen LogP contribution in [-0.4, -0.2) is 34.8 Å². The van der Waals surface area contributed by atoms with Crippen LogP contribution in [0.1, 0.15) is 56.2 Å². The van der Waals surface area contributed by atoms with E-state index in [4.69, 9.17) is 4.74 Å². The monoisotopic (exact) mass is 381 g/mol. The van der Waals surface area contributed by atoms with Gasteiger partial charge in [0.25, 0.3) is 5.91 Å². The van der Waals surface area contributed by atoms with Crippen LogP contribution in [0.4, 0.5) is 0 Å². The van der Waals surface area contributed by atoms with E-state index in [1.54, 1.807) is 6.20 Å². The molecule has 1 aliphatic heterocycles. The first kappa shape index (κ1) is 19.6. The zero-order valence-electron chi connectivity index (χ0n) is 15.8. The summed E-state index contributed by atoms with van der Waals surface area (Å²) in [5.74, 6) is -1.24. The highest BCUT2D eigenvalue weighted by Gasteiger charge is 2.35. The average molecular weight is 381 g/mol. The third kappa shape index (κ3) is 4.22. The van der Waals surface area contributed by atoms with Crippen LogP contribution >= 0.6 is 0 Å². The first-order valence-electron chi connectivity index (χ1n) is 9.38. The van der Waals surface area contributed by atoms with Crippen molar-refractivity contribution in [1.82, 2.24) is 10.2 Å². The third-order valence-corrected chi connectivity index (χ3v) is 5.24. The quantitative estimate of drug-likeness (QED) is 0.790. The molecule has 1 saturated carbocycles. The molecule has 1 heterocycles. The Morgan fingerprint density at radius 3 is 2.68 bits per heavy atom. The Labute approximate surface area is 164 Å². The molecule has 2 amide bonds. The van der Waals surface area contributed by atoms with E-state index in [0.717, 1.165) is 24.0 Å². The predicted molar refractivity (Wildman–Crippen MR) is 101 cm³/mol. The van der Waals surface area contributed by atoms with Gasteiger partial charge >= 0.3 is 5.97 Å². The van der Waals surface area contributed by atoms with Crippen molar-refractivity contribution in [2.45, 2.75) is 50.6 Å². The maximum absolute atomic E-state index is 12.4. The van der Waals surface area contributed by atoms with Crippen LogP contribution in [0, 0.1) is 11.3 Å². The van der Waals surface area contributed by atoms with Crippen LogP contribution in [0.15, 0.2) is 30.5 Å². The molecule has 1 N–H and O–H groups in total. The molecule has 28 heavy (non-hydrogen) atoms. The molecule has 2 aliphatic rings. The van der Waals surface area contributed by atoms with Gasteiger partial charge in [-0.2, -0.15) is 5.26 Å². The summed E-state index contributed by atoms with van der Waals surface area (Å²) in [6.07, 6.45) is 6.44. The van der Waals surface area contributed by atoms with Crippen LogP contribution in [0.25, 0.3) is 6.08 Å². The molecule has 0 saturated heterocycles. The lowest BCUT2D eigenvalue weighted by Crippen LogP contribution is -2.46. The number of hydrogen-bond donors (Lipinski definition) is 1. The van der Waals surface area contributed by atoms with E-state index in [2.05, 4.69) is 11.4 Å². The lowest BCUT2D eigenvalue weighted by Gasteiger charge is -2.32. The number of nitrogens with zero attached hydrogens (tertiary/aromatic N) is 2. The Morgan fingerprint density at radius 2 is 2.00 bits per heavy atom. The fourth-order valence-corrected chi connectivity index (χ4v) is 3.82. The second-order valence-electron chi connectivity index (χ2n) is 7.20. The SMILES string of the molecule is CC(=O)N1C=Cc2ccccc2[C@@H]1CC(=O)OCC(=O)NC1(C#N)CCCC1. The summed E-state index contributed by atoms with van der Waals surface area (Å²) in [7, 11) is 0. The molecule has 1 aromatic rings. The predicted octanol–water partition coefficient (Wildman–Crippen LogP) is 2.45. The Balaban J connectivity index is 1.60. The largest absolute Gasteiger partial charge is 0.456 e. The molecule has 0 bridgehead atoms.